The maximum absolute atomic E-state index is 5.90. The van der Waals surface area contributed by atoms with Crippen LogP contribution in [0.2, 0.25) is 5.02 Å². The van der Waals surface area contributed by atoms with E-state index in [2.05, 4.69) is 37.3 Å². The number of aromatic nitrogens is 1. The summed E-state index contributed by atoms with van der Waals surface area (Å²) in [6, 6.07) is 14.5. The summed E-state index contributed by atoms with van der Waals surface area (Å²) >= 11 is 5.56. The number of fused-ring (bicyclic) bond motifs is 1. The first-order chi connectivity index (χ1) is 8.22. The SMILES string of the molecule is Cc1ccc2nc(-c3ccc(Cl)cc3)[te]c2c1. The molecule has 0 bridgehead atoms. The summed E-state index contributed by atoms with van der Waals surface area (Å²) in [5.41, 5.74) is 3.69. The molecule has 0 radical (unpaired) electrons. The number of benzene rings is 2. The van der Waals surface area contributed by atoms with Crippen LogP contribution in [-0.2, 0) is 0 Å². The topological polar surface area (TPSA) is 12.9 Å². The zero-order chi connectivity index (χ0) is 11.8. The average Bonchev–Trinajstić information content (AvgIpc) is 2.72. The number of aryl methyl sites for hydroxylation is 1. The first kappa shape index (κ1) is 11.3. The summed E-state index contributed by atoms with van der Waals surface area (Å²) in [5, 5.41) is 0.779. The predicted octanol–water partition coefficient (Wildman–Crippen LogP) is 3.92. The third kappa shape index (κ3) is 2.26. The van der Waals surface area contributed by atoms with E-state index < -0.39 is 0 Å². The molecule has 0 aliphatic rings. The van der Waals surface area contributed by atoms with Crippen molar-refractivity contribution in [2.24, 2.45) is 0 Å². The molecular formula is C14H10ClNTe. The van der Waals surface area contributed by atoms with Crippen LogP contribution in [0.5, 0.6) is 0 Å². The van der Waals surface area contributed by atoms with E-state index in [0.717, 1.165) is 10.5 Å². The van der Waals surface area contributed by atoms with Crippen LogP contribution in [0.4, 0.5) is 0 Å². The number of hydrogen-bond donors (Lipinski definition) is 0. The molecule has 0 fully saturated rings. The van der Waals surface area contributed by atoms with Gasteiger partial charge in [0.05, 0.1) is 0 Å². The molecule has 1 aromatic heterocycles. The van der Waals surface area contributed by atoms with Gasteiger partial charge < -0.3 is 0 Å². The predicted molar refractivity (Wildman–Crippen MR) is 73.9 cm³/mol. The Bertz CT molecular complexity index is 670. The summed E-state index contributed by atoms with van der Waals surface area (Å²) in [7, 11) is 0. The summed E-state index contributed by atoms with van der Waals surface area (Å²) in [6.45, 7) is 2.13. The number of nitrogens with zero attached hydrogens (tertiary/aromatic N) is 1. The van der Waals surface area contributed by atoms with Gasteiger partial charge in [0.1, 0.15) is 0 Å². The van der Waals surface area contributed by atoms with E-state index in [1.165, 1.54) is 18.2 Å². The van der Waals surface area contributed by atoms with Gasteiger partial charge in [0.15, 0.2) is 0 Å². The van der Waals surface area contributed by atoms with E-state index in [4.69, 9.17) is 16.6 Å². The van der Waals surface area contributed by atoms with Gasteiger partial charge in [-0.2, -0.15) is 0 Å². The van der Waals surface area contributed by atoms with Crippen molar-refractivity contribution in [2.45, 2.75) is 6.92 Å². The monoisotopic (exact) mass is 357 g/mol. The molecule has 0 atom stereocenters. The molecule has 0 saturated carbocycles. The van der Waals surface area contributed by atoms with Gasteiger partial charge in [-0.3, -0.25) is 0 Å². The zero-order valence-electron chi connectivity index (χ0n) is 9.27. The zero-order valence-corrected chi connectivity index (χ0v) is 12.4. The van der Waals surface area contributed by atoms with E-state index in [9.17, 15) is 0 Å². The molecule has 0 aliphatic carbocycles. The third-order valence-electron chi connectivity index (χ3n) is 2.64. The first-order valence-corrected chi connectivity index (χ1v) is 8.06. The molecule has 17 heavy (non-hydrogen) atoms. The van der Waals surface area contributed by atoms with Crippen LogP contribution in [-0.4, -0.2) is 25.4 Å². The van der Waals surface area contributed by atoms with Crippen LogP contribution in [0.15, 0.2) is 42.5 Å². The molecule has 3 aromatic rings. The molecular weight excluding hydrogens is 345 g/mol. The molecule has 0 amide bonds. The van der Waals surface area contributed by atoms with Gasteiger partial charge in [-0.15, -0.1) is 0 Å². The van der Waals surface area contributed by atoms with Gasteiger partial charge >= 0.3 is 115 Å². The van der Waals surface area contributed by atoms with Crippen LogP contribution in [0.3, 0.4) is 0 Å². The van der Waals surface area contributed by atoms with Crippen LogP contribution in [0, 0.1) is 6.92 Å². The Morgan fingerprint density at radius 2 is 1.82 bits per heavy atom. The Hall–Kier alpha value is -0.810. The fourth-order valence-electron chi connectivity index (χ4n) is 1.75. The Labute approximate surface area is 115 Å². The van der Waals surface area contributed by atoms with Crippen molar-refractivity contribution in [3.8, 4) is 9.27 Å². The van der Waals surface area contributed by atoms with E-state index in [-0.39, 0.29) is 20.4 Å². The third-order valence-corrected chi connectivity index (χ3v) is 5.93. The summed E-state index contributed by atoms with van der Waals surface area (Å²) in [5.74, 6) is 0. The molecule has 0 unspecified atom stereocenters. The molecule has 1 nitrogen and oxygen atoms in total. The van der Waals surface area contributed by atoms with Crippen LogP contribution in [0.1, 0.15) is 5.56 Å². The summed E-state index contributed by atoms with van der Waals surface area (Å²) in [4.78, 5) is 4.72. The van der Waals surface area contributed by atoms with Crippen LogP contribution >= 0.6 is 11.6 Å². The summed E-state index contributed by atoms with van der Waals surface area (Å²) in [6.07, 6.45) is 0. The molecule has 3 heteroatoms. The van der Waals surface area contributed by atoms with Crippen molar-refractivity contribution in [2.75, 3.05) is 0 Å². The van der Waals surface area contributed by atoms with Crippen molar-refractivity contribution in [1.82, 2.24) is 4.98 Å². The van der Waals surface area contributed by atoms with Crippen molar-refractivity contribution in [3.63, 3.8) is 0 Å². The van der Waals surface area contributed by atoms with E-state index in [1.54, 1.807) is 0 Å². The fourth-order valence-corrected chi connectivity index (χ4v) is 4.93. The van der Waals surface area contributed by atoms with Crippen LogP contribution < -0.4 is 0 Å². The van der Waals surface area contributed by atoms with Gasteiger partial charge in [0, 0.05) is 0 Å². The Morgan fingerprint density at radius 3 is 2.59 bits per heavy atom. The molecule has 0 aliphatic heterocycles. The average molecular weight is 355 g/mol. The van der Waals surface area contributed by atoms with Crippen molar-refractivity contribution >= 4 is 41.0 Å². The molecule has 84 valence electrons. The van der Waals surface area contributed by atoms with Gasteiger partial charge in [-0.25, -0.2) is 0 Å². The number of rotatable bonds is 1. The second kappa shape index (κ2) is 4.46. The number of halogens is 1. The van der Waals surface area contributed by atoms with Gasteiger partial charge in [-0.1, -0.05) is 0 Å². The second-order valence-electron chi connectivity index (χ2n) is 4.00. The quantitative estimate of drug-likeness (QED) is 0.603. The van der Waals surface area contributed by atoms with Crippen molar-refractivity contribution < 1.29 is 0 Å². The van der Waals surface area contributed by atoms with Crippen molar-refractivity contribution in [1.29, 1.82) is 0 Å². The Morgan fingerprint density at radius 1 is 1.06 bits per heavy atom. The normalized spacial score (nSPS) is 10.9. The maximum atomic E-state index is 5.90. The Balaban J connectivity index is 2.14. The second-order valence-corrected chi connectivity index (χ2v) is 7.38. The minimum atomic E-state index is -0.334. The van der Waals surface area contributed by atoms with Crippen LogP contribution in [0.25, 0.3) is 18.2 Å². The van der Waals surface area contributed by atoms with Gasteiger partial charge in [0.2, 0.25) is 0 Å². The summed E-state index contributed by atoms with van der Waals surface area (Å²) < 4.78 is 2.70. The first-order valence-electron chi connectivity index (χ1n) is 5.35. The molecule has 1 heterocycles. The van der Waals surface area contributed by atoms with Gasteiger partial charge in [0.25, 0.3) is 0 Å². The van der Waals surface area contributed by atoms with Crippen molar-refractivity contribution in [3.05, 3.63) is 53.1 Å². The fraction of sp³-hybridized carbons (Fsp3) is 0.0714. The molecule has 0 spiro atoms. The van der Waals surface area contributed by atoms with E-state index in [0.29, 0.717) is 0 Å². The molecule has 2 aromatic carbocycles. The minimum absolute atomic E-state index is 0.334. The van der Waals surface area contributed by atoms with Gasteiger partial charge in [-0.05, 0) is 0 Å². The Kier molecular flexibility index (Phi) is 2.96. The molecule has 0 N–H and O–H groups in total. The number of hydrogen-bond acceptors (Lipinski definition) is 1. The molecule has 3 rings (SSSR count). The van der Waals surface area contributed by atoms with E-state index >= 15 is 0 Å². The van der Waals surface area contributed by atoms with E-state index in [1.807, 2.05) is 12.1 Å². The standard InChI is InChI=1S/C14H10ClNTe/c1-9-2-7-12-13(8-9)17-14(16-12)10-3-5-11(15)6-4-10/h2-8H,1H3. The molecule has 0 saturated heterocycles.